The van der Waals surface area contributed by atoms with Crippen molar-refractivity contribution in [1.29, 1.82) is 0 Å². The Labute approximate surface area is 111 Å². The summed E-state index contributed by atoms with van der Waals surface area (Å²) in [6, 6.07) is 1.97. The highest BCUT2D eigenvalue weighted by molar-refractivity contribution is 9.10. The first-order valence-electron chi connectivity index (χ1n) is 6.14. The fraction of sp³-hybridized carbons (Fsp3) is 0.615. The number of aliphatic hydroxyl groups is 1. The molecule has 0 aliphatic heterocycles. The molecule has 1 aromatic heterocycles. The van der Waals surface area contributed by atoms with Gasteiger partial charge in [0.1, 0.15) is 0 Å². The molecule has 0 unspecified atom stereocenters. The van der Waals surface area contributed by atoms with E-state index in [1.807, 2.05) is 6.07 Å². The van der Waals surface area contributed by atoms with Gasteiger partial charge in [0, 0.05) is 17.2 Å². The molecule has 17 heavy (non-hydrogen) atoms. The van der Waals surface area contributed by atoms with Crippen molar-refractivity contribution in [3.63, 3.8) is 0 Å². The molecule has 0 spiro atoms. The molecule has 1 fully saturated rings. The van der Waals surface area contributed by atoms with Crippen LogP contribution in [0.25, 0.3) is 0 Å². The molecule has 0 atom stereocenters. The van der Waals surface area contributed by atoms with E-state index in [1.165, 1.54) is 0 Å². The van der Waals surface area contributed by atoms with Gasteiger partial charge in [-0.2, -0.15) is 0 Å². The van der Waals surface area contributed by atoms with E-state index >= 15 is 0 Å². The minimum Gasteiger partial charge on any atom is -0.388 e. The van der Waals surface area contributed by atoms with Gasteiger partial charge in [0.2, 0.25) is 0 Å². The molecule has 0 saturated heterocycles. The second kappa shape index (κ2) is 5.36. The quantitative estimate of drug-likeness (QED) is 0.901. The van der Waals surface area contributed by atoms with Crippen LogP contribution in [0.2, 0.25) is 0 Å². The summed E-state index contributed by atoms with van der Waals surface area (Å²) >= 11 is 3.38. The standard InChI is InChI=1S/C13H19BrN2O/c1-10-2-4-13(17,5-3-10)9-16-12-6-11(14)7-15-8-12/h6-8,10,16-17H,2-5,9H2,1H3. The van der Waals surface area contributed by atoms with Crippen molar-refractivity contribution in [3.05, 3.63) is 22.9 Å². The van der Waals surface area contributed by atoms with Crippen molar-refractivity contribution in [2.75, 3.05) is 11.9 Å². The number of nitrogens with zero attached hydrogens (tertiary/aromatic N) is 1. The molecule has 0 amide bonds. The Morgan fingerprint density at radius 3 is 2.82 bits per heavy atom. The van der Waals surface area contributed by atoms with Crippen molar-refractivity contribution in [2.45, 2.75) is 38.2 Å². The van der Waals surface area contributed by atoms with Gasteiger partial charge < -0.3 is 10.4 Å². The first kappa shape index (κ1) is 12.8. The van der Waals surface area contributed by atoms with Crippen LogP contribution >= 0.6 is 15.9 Å². The summed E-state index contributed by atoms with van der Waals surface area (Å²) < 4.78 is 0.951. The molecule has 2 N–H and O–H groups in total. The lowest BCUT2D eigenvalue weighted by atomic mass is 9.79. The molecular formula is C13H19BrN2O. The Kier molecular flexibility index (Phi) is 4.05. The van der Waals surface area contributed by atoms with Crippen LogP contribution in [-0.4, -0.2) is 22.2 Å². The molecule has 2 rings (SSSR count). The van der Waals surface area contributed by atoms with Crippen LogP contribution in [0.5, 0.6) is 0 Å². The van der Waals surface area contributed by atoms with E-state index in [9.17, 15) is 5.11 Å². The zero-order valence-corrected chi connectivity index (χ0v) is 11.7. The lowest BCUT2D eigenvalue weighted by Crippen LogP contribution is -2.40. The molecule has 1 heterocycles. The molecule has 1 aliphatic rings. The maximum Gasteiger partial charge on any atom is 0.0819 e. The van der Waals surface area contributed by atoms with E-state index in [2.05, 4.69) is 33.2 Å². The van der Waals surface area contributed by atoms with Crippen molar-refractivity contribution >= 4 is 21.6 Å². The number of aromatic nitrogens is 1. The molecule has 94 valence electrons. The minimum absolute atomic E-state index is 0.547. The Hall–Kier alpha value is -0.610. The van der Waals surface area contributed by atoms with Gasteiger partial charge in [0.15, 0.2) is 0 Å². The van der Waals surface area contributed by atoms with Crippen LogP contribution in [-0.2, 0) is 0 Å². The lowest BCUT2D eigenvalue weighted by Gasteiger charge is -2.35. The number of hydrogen-bond acceptors (Lipinski definition) is 3. The fourth-order valence-electron chi connectivity index (χ4n) is 2.25. The fourth-order valence-corrected chi connectivity index (χ4v) is 2.62. The summed E-state index contributed by atoms with van der Waals surface area (Å²) in [6.45, 7) is 2.86. The highest BCUT2D eigenvalue weighted by Crippen LogP contribution is 2.32. The average Bonchev–Trinajstić information content (AvgIpc) is 2.31. The molecule has 0 radical (unpaired) electrons. The Bertz CT molecular complexity index is 375. The first-order valence-corrected chi connectivity index (χ1v) is 6.93. The van der Waals surface area contributed by atoms with Crippen molar-refractivity contribution < 1.29 is 5.11 Å². The first-order chi connectivity index (χ1) is 8.07. The SMILES string of the molecule is CC1CCC(O)(CNc2cncc(Br)c2)CC1. The van der Waals surface area contributed by atoms with E-state index < -0.39 is 5.60 Å². The van der Waals surface area contributed by atoms with Gasteiger partial charge >= 0.3 is 0 Å². The van der Waals surface area contributed by atoms with Gasteiger partial charge in [-0.25, -0.2) is 0 Å². The summed E-state index contributed by atoms with van der Waals surface area (Å²) in [5.74, 6) is 0.753. The van der Waals surface area contributed by atoms with Gasteiger partial charge in [-0.1, -0.05) is 6.92 Å². The van der Waals surface area contributed by atoms with Gasteiger partial charge in [-0.05, 0) is 53.6 Å². The zero-order chi connectivity index (χ0) is 12.3. The molecule has 1 saturated carbocycles. The number of rotatable bonds is 3. The third kappa shape index (κ3) is 3.68. The largest absolute Gasteiger partial charge is 0.388 e. The number of halogens is 1. The minimum atomic E-state index is -0.547. The van der Waals surface area contributed by atoms with E-state index in [0.29, 0.717) is 6.54 Å². The maximum absolute atomic E-state index is 10.4. The molecule has 3 nitrogen and oxygen atoms in total. The summed E-state index contributed by atoms with van der Waals surface area (Å²) in [5.41, 5.74) is 0.404. The normalized spacial score (nSPS) is 29.0. The lowest BCUT2D eigenvalue weighted by molar-refractivity contribution is 0.00501. The monoisotopic (exact) mass is 298 g/mol. The second-order valence-corrected chi connectivity index (χ2v) is 6.07. The third-order valence-electron chi connectivity index (χ3n) is 3.53. The second-order valence-electron chi connectivity index (χ2n) is 5.15. The van der Waals surface area contributed by atoms with Gasteiger partial charge in [-0.3, -0.25) is 4.98 Å². The summed E-state index contributed by atoms with van der Waals surface area (Å²) in [4.78, 5) is 4.09. The smallest absolute Gasteiger partial charge is 0.0819 e. The van der Waals surface area contributed by atoms with Crippen LogP contribution in [0.4, 0.5) is 5.69 Å². The summed E-state index contributed by atoms with van der Waals surface area (Å²) in [5, 5.41) is 13.7. The van der Waals surface area contributed by atoms with Gasteiger partial charge in [0.05, 0.1) is 17.5 Å². The van der Waals surface area contributed by atoms with Crippen LogP contribution in [0.15, 0.2) is 22.9 Å². The molecule has 1 aromatic rings. The molecule has 1 aliphatic carbocycles. The van der Waals surface area contributed by atoms with Crippen LogP contribution in [0.3, 0.4) is 0 Å². The molecule has 0 bridgehead atoms. The molecule has 4 heteroatoms. The number of nitrogens with one attached hydrogen (secondary N) is 1. The summed E-state index contributed by atoms with van der Waals surface area (Å²) in [7, 11) is 0. The van der Waals surface area contributed by atoms with Gasteiger partial charge in [0.25, 0.3) is 0 Å². The van der Waals surface area contributed by atoms with E-state index in [0.717, 1.165) is 41.8 Å². The van der Waals surface area contributed by atoms with Crippen molar-refractivity contribution in [3.8, 4) is 0 Å². The van der Waals surface area contributed by atoms with Crippen LogP contribution in [0, 0.1) is 5.92 Å². The Morgan fingerprint density at radius 1 is 1.47 bits per heavy atom. The maximum atomic E-state index is 10.4. The summed E-state index contributed by atoms with van der Waals surface area (Å²) in [6.07, 6.45) is 7.55. The number of anilines is 1. The van der Waals surface area contributed by atoms with E-state index in [1.54, 1.807) is 12.4 Å². The average molecular weight is 299 g/mol. The number of hydrogen-bond donors (Lipinski definition) is 2. The van der Waals surface area contributed by atoms with Gasteiger partial charge in [-0.15, -0.1) is 0 Å². The topological polar surface area (TPSA) is 45.1 Å². The Morgan fingerprint density at radius 2 is 2.18 bits per heavy atom. The molecular weight excluding hydrogens is 280 g/mol. The van der Waals surface area contributed by atoms with Crippen LogP contribution in [0.1, 0.15) is 32.6 Å². The number of pyridine rings is 1. The predicted octanol–water partition coefficient (Wildman–Crippen LogP) is 3.20. The van der Waals surface area contributed by atoms with Crippen molar-refractivity contribution in [1.82, 2.24) is 4.98 Å². The van der Waals surface area contributed by atoms with E-state index in [4.69, 9.17) is 0 Å². The zero-order valence-electron chi connectivity index (χ0n) is 10.1. The predicted molar refractivity (Wildman–Crippen MR) is 73.0 cm³/mol. The van der Waals surface area contributed by atoms with E-state index in [-0.39, 0.29) is 0 Å². The van der Waals surface area contributed by atoms with Crippen LogP contribution < -0.4 is 5.32 Å². The Balaban J connectivity index is 1.89. The molecule has 0 aromatic carbocycles. The highest BCUT2D eigenvalue weighted by Gasteiger charge is 2.31. The third-order valence-corrected chi connectivity index (χ3v) is 3.97. The van der Waals surface area contributed by atoms with Crippen molar-refractivity contribution in [2.24, 2.45) is 5.92 Å². The highest BCUT2D eigenvalue weighted by atomic mass is 79.9.